The molecule has 8 heteroatoms. The quantitative estimate of drug-likeness (QED) is 0.463. The van der Waals surface area contributed by atoms with Gasteiger partial charge in [-0.15, -0.1) is 0 Å². The maximum Gasteiger partial charge on any atom is 0.321 e. The topological polar surface area (TPSA) is 96.0 Å². The van der Waals surface area contributed by atoms with Gasteiger partial charge in [-0.05, 0) is 31.2 Å². The molecule has 138 valence electrons. The summed E-state index contributed by atoms with van der Waals surface area (Å²) in [5.74, 6) is 0.252. The molecule has 1 atom stereocenters. The van der Waals surface area contributed by atoms with Crippen LogP contribution in [0, 0.1) is 0 Å². The number of aromatic nitrogens is 2. The van der Waals surface area contributed by atoms with E-state index in [9.17, 15) is 9.59 Å². The number of para-hydroxylation sites is 2. The summed E-state index contributed by atoms with van der Waals surface area (Å²) in [7, 11) is 1.45. The molecular weight excluding hydrogens is 362 g/mol. The van der Waals surface area contributed by atoms with E-state index < -0.39 is 17.2 Å². The largest absolute Gasteiger partial charge is 0.341 e. The van der Waals surface area contributed by atoms with Crippen LogP contribution in [-0.2, 0) is 4.79 Å². The van der Waals surface area contributed by atoms with Crippen molar-refractivity contribution in [1.82, 2.24) is 20.6 Å². The predicted molar refractivity (Wildman–Crippen MR) is 107 cm³/mol. The van der Waals surface area contributed by atoms with E-state index >= 15 is 0 Å². The van der Waals surface area contributed by atoms with E-state index in [2.05, 4.69) is 25.9 Å². The molecule has 3 aromatic rings. The Balaban J connectivity index is 1.88. The average molecular weight is 381 g/mol. The van der Waals surface area contributed by atoms with Gasteiger partial charge in [0.15, 0.2) is 5.16 Å². The molecule has 3 N–H and O–H groups in total. The second kappa shape index (κ2) is 8.50. The summed E-state index contributed by atoms with van der Waals surface area (Å²) in [4.78, 5) is 32.5. The number of hydrogen-bond donors (Lipinski definition) is 3. The molecule has 1 heterocycles. The summed E-state index contributed by atoms with van der Waals surface area (Å²) in [6.07, 6.45) is 0. The van der Waals surface area contributed by atoms with Gasteiger partial charge in [-0.25, -0.2) is 14.8 Å². The smallest absolute Gasteiger partial charge is 0.321 e. The summed E-state index contributed by atoms with van der Waals surface area (Å²) in [5, 5.41) is 8.72. The zero-order valence-electron chi connectivity index (χ0n) is 14.9. The normalized spacial score (nSPS) is 11.6. The van der Waals surface area contributed by atoms with Crippen LogP contribution in [0.4, 0.5) is 16.3 Å². The molecule has 3 rings (SSSR count). The molecule has 2 aromatic carbocycles. The number of imide groups is 1. The standard InChI is InChI=1S/C19H19N5O2S/c1-12(17(25)24-18(26)20-2)27-19-22-15-11-7-6-10-14(15)16(23-19)21-13-8-4-3-5-9-13/h3-12H,1-2H3,(H,21,22,23)(H2,20,24,25,26)/t12-/m0/s1. The number of anilines is 2. The van der Waals surface area contributed by atoms with E-state index in [4.69, 9.17) is 0 Å². The van der Waals surface area contributed by atoms with Crippen LogP contribution >= 0.6 is 11.8 Å². The lowest BCUT2D eigenvalue weighted by molar-refractivity contribution is -0.119. The van der Waals surface area contributed by atoms with Crippen LogP contribution in [0.25, 0.3) is 10.9 Å². The lowest BCUT2D eigenvalue weighted by Crippen LogP contribution is -2.41. The molecule has 0 aliphatic carbocycles. The van der Waals surface area contributed by atoms with Crippen LogP contribution in [0.3, 0.4) is 0 Å². The van der Waals surface area contributed by atoms with Crippen molar-refractivity contribution in [1.29, 1.82) is 0 Å². The Bertz CT molecular complexity index is 965. The molecule has 0 bridgehead atoms. The van der Waals surface area contributed by atoms with E-state index in [1.54, 1.807) is 6.92 Å². The molecule has 3 amide bonds. The Kier molecular flexibility index (Phi) is 5.87. The van der Waals surface area contributed by atoms with Gasteiger partial charge in [0.1, 0.15) is 5.82 Å². The molecule has 1 aromatic heterocycles. The Morgan fingerprint density at radius 3 is 2.44 bits per heavy atom. The summed E-state index contributed by atoms with van der Waals surface area (Å²) >= 11 is 1.19. The second-order valence-corrected chi connectivity index (χ2v) is 7.00. The number of thioether (sulfide) groups is 1. The number of nitrogens with zero attached hydrogens (tertiary/aromatic N) is 2. The third kappa shape index (κ3) is 4.73. The summed E-state index contributed by atoms with van der Waals surface area (Å²) in [5.41, 5.74) is 1.68. The van der Waals surface area contributed by atoms with Gasteiger partial charge in [-0.1, -0.05) is 42.1 Å². The number of amides is 3. The third-order valence-electron chi connectivity index (χ3n) is 3.73. The van der Waals surface area contributed by atoms with Crippen LogP contribution in [-0.4, -0.2) is 34.2 Å². The molecule has 0 radical (unpaired) electrons. The molecule has 7 nitrogen and oxygen atoms in total. The average Bonchev–Trinajstić information content (AvgIpc) is 2.68. The molecule has 0 fully saturated rings. The lowest BCUT2D eigenvalue weighted by Gasteiger charge is -2.13. The van der Waals surface area contributed by atoms with Gasteiger partial charge in [0.25, 0.3) is 0 Å². The summed E-state index contributed by atoms with van der Waals surface area (Å²) < 4.78 is 0. The molecular formula is C19H19N5O2S. The number of nitrogens with one attached hydrogen (secondary N) is 3. The number of fused-ring (bicyclic) bond motifs is 1. The van der Waals surface area contributed by atoms with Crippen LogP contribution in [0.1, 0.15) is 6.92 Å². The Labute approximate surface area is 161 Å². The van der Waals surface area contributed by atoms with E-state index in [-0.39, 0.29) is 0 Å². The second-order valence-electron chi connectivity index (χ2n) is 5.69. The summed E-state index contributed by atoms with van der Waals surface area (Å²) in [6, 6.07) is 16.8. The number of urea groups is 1. The third-order valence-corrected chi connectivity index (χ3v) is 4.70. The van der Waals surface area contributed by atoms with E-state index in [0.717, 1.165) is 16.6 Å². The van der Waals surface area contributed by atoms with Gasteiger partial charge in [0, 0.05) is 18.1 Å². The van der Waals surface area contributed by atoms with Crippen molar-refractivity contribution in [3.05, 3.63) is 54.6 Å². The van der Waals surface area contributed by atoms with Crippen LogP contribution in [0.5, 0.6) is 0 Å². The van der Waals surface area contributed by atoms with Crippen molar-refractivity contribution in [2.24, 2.45) is 0 Å². The Morgan fingerprint density at radius 1 is 1.00 bits per heavy atom. The zero-order chi connectivity index (χ0) is 19.2. The number of hydrogen-bond acceptors (Lipinski definition) is 6. The fourth-order valence-electron chi connectivity index (χ4n) is 2.35. The van der Waals surface area contributed by atoms with Crippen molar-refractivity contribution in [3.8, 4) is 0 Å². The minimum Gasteiger partial charge on any atom is -0.341 e. The first-order chi connectivity index (χ1) is 13.1. The van der Waals surface area contributed by atoms with Gasteiger partial charge < -0.3 is 10.6 Å². The highest BCUT2D eigenvalue weighted by molar-refractivity contribution is 8.00. The van der Waals surface area contributed by atoms with Crippen molar-refractivity contribution in [2.45, 2.75) is 17.3 Å². The maximum absolute atomic E-state index is 12.1. The monoisotopic (exact) mass is 381 g/mol. The molecule has 0 unspecified atom stereocenters. The number of benzene rings is 2. The highest BCUT2D eigenvalue weighted by Crippen LogP contribution is 2.28. The molecule has 0 spiro atoms. The highest BCUT2D eigenvalue weighted by atomic mass is 32.2. The fraction of sp³-hybridized carbons (Fsp3) is 0.158. The van der Waals surface area contributed by atoms with Crippen molar-refractivity contribution in [3.63, 3.8) is 0 Å². The van der Waals surface area contributed by atoms with Crippen molar-refractivity contribution < 1.29 is 9.59 Å². The molecule has 0 aliphatic heterocycles. The Morgan fingerprint density at radius 2 is 1.70 bits per heavy atom. The molecule has 0 aliphatic rings. The minimum absolute atomic E-state index is 0.409. The van der Waals surface area contributed by atoms with Crippen LogP contribution in [0.15, 0.2) is 59.8 Å². The van der Waals surface area contributed by atoms with Gasteiger partial charge in [-0.2, -0.15) is 0 Å². The number of carbonyl (C=O) groups excluding carboxylic acids is 2. The van der Waals surface area contributed by atoms with Crippen molar-refractivity contribution in [2.75, 3.05) is 12.4 Å². The van der Waals surface area contributed by atoms with E-state index in [1.165, 1.54) is 18.8 Å². The minimum atomic E-state index is -0.543. The van der Waals surface area contributed by atoms with Gasteiger partial charge in [-0.3, -0.25) is 10.1 Å². The first-order valence-corrected chi connectivity index (χ1v) is 9.23. The number of carbonyl (C=O) groups is 2. The molecule has 0 saturated carbocycles. The van der Waals surface area contributed by atoms with E-state index in [0.29, 0.717) is 11.0 Å². The zero-order valence-corrected chi connectivity index (χ0v) is 15.7. The Hall–Kier alpha value is -3.13. The maximum atomic E-state index is 12.1. The first-order valence-electron chi connectivity index (χ1n) is 8.35. The molecule has 27 heavy (non-hydrogen) atoms. The fourth-order valence-corrected chi connectivity index (χ4v) is 3.13. The van der Waals surface area contributed by atoms with E-state index in [1.807, 2.05) is 54.6 Å². The lowest BCUT2D eigenvalue weighted by atomic mass is 10.2. The summed E-state index contributed by atoms with van der Waals surface area (Å²) in [6.45, 7) is 1.70. The SMILES string of the molecule is CNC(=O)NC(=O)[C@H](C)Sc1nc(Nc2ccccc2)c2ccccc2n1. The van der Waals surface area contributed by atoms with Gasteiger partial charge in [0.2, 0.25) is 5.91 Å². The van der Waals surface area contributed by atoms with Gasteiger partial charge >= 0.3 is 6.03 Å². The van der Waals surface area contributed by atoms with Crippen LogP contribution in [0.2, 0.25) is 0 Å². The molecule has 0 saturated heterocycles. The number of rotatable bonds is 5. The predicted octanol–water partition coefficient (Wildman–Crippen LogP) is 3.31. The van der Waals surface area contributed by atoms with Crippen molar-refractivity contribution >= 4 is 46.1 Å². The highest BCUT2D eigenvalue weighted by Gasteiger charge is 2.19. The van der Waals surface area contributed by atoms with Gasteiger partial charge in [0.05, 0.1) is 10.8 Å². The first kappa shape index (κ1) is 18.7. The van der Waals surface area contributed by atoms with Crippen LogP contribution < -0.4 is 16.0 Å².